The number of hydrogen-bond donors (Lipinski definition) is 2. The molecule has 4 nitrogen and oxygen atoms in total. The summed E-state index contributed by atoms with van der Waals surface area (Å²) in [6.07, 6.45) is 2.35. The predicted molar refractivity (Wildman–Crippen MR) is 71.0 cm³/mol. The molecule has 0 spiro atoms. The minimum Gasteiger partial charge on any atom is -0.369 e. The minimum absolute atomic E-state index is 0.00733. The van der Waals surface area contributed by atoms with Crippen molar-refractivity contribution in [2.45, 2.75) is 26.7 Å². The fourth-order valence-electron chi connectivity index (χ4n) is 1.92. The fourth-order valence-corrected chi connectivity index (χ4v) is 1.92. The summed E-state index contributed by atoms with van der Waals surface area (Å²) in [4.78, 5) is 0. The van der Waals surface area contributed by atoms with Crippen LogP contribution in [0, 0.1) is 19.8 Å². The van der Waals surface area contributed by atoms with Crippen LogP contribution in [0.4, 0.5) is 0 Å². The first-order chi connectivity index (χ1) is 8.08. The van der Waals surface area contributed by atoms with E-state index in [1.165, 1.54) is 24.0 Å². The van der Waals surface area contributed by atoms with Gasteiger partial charge in [0, 0.05) is 11.5 Å². The van der Waals surface area contributed by atoms with Gasteiger partial charge in [0.15, 0.2) is 0 Å². The Bertz CT molecular complexity index is 480. The van der Waals surface area contributed by atoms with Crippen molar-refractivity contribution in [1.29, 1.82) is 0 Å². The number of benzene rings is 1. The van der Waals surface area contributed by atoms with Crippen LogP contribution in [0.2, 0.25) is 0 Å². The largest absolute Gasteiger partial charge is 0.369 e. The number of guanidine groups is 1. The topological polar surface area (TPSA) is 76.8 Å². The third-order valence-electron chi connectivity index (χ3n) is 2.90. The van der Waals surface area contributed by atoms with Crippen molar-refractivity contribution in [1.82, 2.24) is 0 Å². The average Bonchev–Trinajstić information content (AvgIpc) is 3.04. The van der Waals surface area contributed by atoms with Crippen LogP contribution in [0.15, 0.2) is 28.4 Å². The predicted octanol–water partition coefficient (Wildman–Crippen LogP) is 1.69. The van der Waals surface area contributed by atoms with E-state index in [9.17, 15) is 0 Å². The van der Waals surface area contributed by atoms with E-state index in [4.69, 9.17) is 11.5 Å². The summed E-state index contributed by atoms with van der Waals surface area (Å²) in [7, 11) is 0. The Balaban J connectivity index is 2.39. The maximum Gasteiger partial charge on any atom is 0.211 e. The second kappa shape index (κ2) is 4.57. The summed E-state index contributed by atoms with van der Waals surface area (Å²) in [5.41, 5.74) is 15.3. The van der Waals surface area contributed by atoms with Gasteiger partial charge in [0.2, 0.25) is 5.96 Å². The maximum atomic E-state index is 5.32. The Morgan fingerprint density at radius 2 is 1.88 bits per heavy atom. The van der Waals surface area contributed by atoms with E-state index in [2.05, 4.69) is 42.2 Å². The maximum absolute atomic E-state index is 5.32. The van der Waals surface area contributed by atoms with Crippen molar-refractivity contribution in [3.05, 3.63) is 34.9 Å². The Labute approximate surface area is 101 Å². The van der Waals surface area contributed by atoms with Crippen LogP contribution in [0.3, 0.4) is 0 Å². The molecule has 0 saturated heterocycles. The molecular weight excluding hydrogens is 212 g/mol. The monoisotopic (exact) mass is 230 g/mol. The van der Waals surface area contributed by atoms with Gasteiger partial charge in [-0.1, -0.05) is 23.8 Å². The Morgan fingerprint density at radius 3 is 2.41 bits per heavy atom. The Morgan fingerprint density at radius 1 is 1.18 bits per heavy atom. The molecule has 1 aliphatic rings. The van der Waals surface area contributed by atoms with E-state index in [-0.39, 0.29) is 5.96 Å². The van der Waals surface area contributed by atoms with Crippen LogP contribution in [0.1, 0.15) is 29.5 Å². The molecule has 4 heteroatoms. The lowest BCUT2D eigenvalue weighted by Crippen LogP contribution is -2.22. The van der Waals surface area contributed by atoms with Crippen LogP contribution in [0.25, 0.3) is 0 Å². The highest BCUT2D eigenvalue weighted by atomic mass is 15.3. The molecule has 17 heavy (non-hydrogen) atoms. The number of nitrogens with zero attached hydrogens (tertiary/aromatic N) is 2. The molecule has 4 N–H and O–H groups in total. The van der Waals surface area contributed by atoms with Crippen molar-refractivity contribution in [2.75, 3.05) is 0 Å². The van der Waals surface area contributed by atoms with Crippen LogP contribution < -0.4 is 11.5 Å². The van der Waals surface area contributed by atoms with Crippen LogP contribution in [0.5, 0.6) is 0 Å². The van der Waals surface area contributed by atoms with Crippen molar-refractivity contribution in [2.24, 2.45) is 27.6 Å². The molecule has 1 saturated carbocycles. The second-order valence-electron chi connectivity index (χ2n) is 4.60. The smallest absolute Gasteiger partial charge is 0.211 e. The van der Waals surface area contributed by atoms with Gasteiger partial charge in [-0.15, -0.1) is 5.10 Å². The van der Waals surface area contributed by atoms with E-state index < -0.39 is 0 Å². The summed E-state index contributed by atoms with van der Waals surface area (Å²) in [6, 6.07) is 6.35. The highest BCUT2D eigenvalue weighted by Gasteiger charge is 2.29. The molecule has 2 rings (SSSR count). The molecule has 0 amide bonds. The molecule has 0 radical (unpaired) electrons. The van der Waals surface area contributed by atoms with Gasteiger partial charge >= 0.3 is 0 Å². The first-order valence-corrected chi connectivity index (χ1v) is 5.82. The molecule has 0 unspecified atom stereocenters. The third-order valence-corrected chi connectivity index (χ3v) is 2.90. The molecule has 1 aromatic rings. The van der Waals surface area contributed by atoms with Gasteiger partial charge < -0.3 is 11.5 Å². The van der Waals surface area contributed by atoms with Gasteiger partial charge in [0.25, 0.3) is 0 Å². The Hall–Kier alpha value is -1.84. The molecule has 90 valence electrons. The third kappa shape index (κ3) is 2.84. The van der Waals surface area contributed by atoms with Gasteiger partial charge in [-0.3, -0.25) is 0 Å². The van der Waals surface area contributed by atoms with Crippen LogP contribution in [-0.2, 0) is 0 Å². The van der Waals surface area contributed by atoms with Gasteiger partial charge in [-0.2, -0.15) is 5.10 Å². The molecular formula is C13H18N4. The SMILES string of the molecule is Cc1ccc(/C(=N\N=C(N)N)C2CC2)c(C)c1. The lowest BCUT2D eigenvalue weighted by atomic mass is 9.99. The van der Waals surface area contributed by atoms with Gasteiger partial charge in [-0.25, -0.2) is 0 Å². The molecule has 1 aromatic carbocycles. The molecule has 1 aliphatic carbocycles. The molecule has 0 bridgehead atoms. The minimum atomic E-state index is 0.00733. The van der Waals surface area contributed by atoms with E-state index in [0.29, 0.717) is 5.92 Å². The summed E-state index contributed by atoms with van der Waals surface area (Å²) in [6.45, 7) is 4.18. The van der Waals surface area contributed by atoms with Crippen molar-refractivity contribution in [3.63, 3.8) is 0 Å². The average molecular weight is 230 g/mol. The number of rotatable bonds is 3. The zero-order chi connectivity index (χ0) is 12.4. The van der Waals surface area contributed by atoms with Crippen LogP contribution >= 0.6 is 0 Å². The summed E-state index contributed by atoms with van der Waals surface area (Å²) < 4.78 is 0. The number of hydrogen-bond acceptors (Lipinski definition) is 2. The van der Waals surface area contributed by atoms with Crippen molar-refractivity contribution in [3.8, 4) is 0 Å². The number of aryl methyl sites for hydroxylation is 2. The molecule has 0 atom stereocenters. The standard InChI is InChI=1S/C13H18N4/c1-8-3-6-11(9(2)7-8)12(10-4-5-10)16-17-13(14)15/h3,6-7,10H,4-5H2,1-2H3,(H4,14,15,17)/b16-12-. The van der Waals surface area contributed by atoms with Crippen molar-refractivity contribution < 1.29 is 0 Å². The van der Waals surface area contributed by atoms with Crippen LogP contribution in [-0.4, -0.2) is 11.7 Å². The Kier molecular flexibility index (Phi) is 3.13. The highest BCUT2D eigenvalue weighted by Crippen LogP contribution is 2.34. The zero-order valence-corrected chi connectivity index (χ0v) is 10.3. The second-order valence-corrected chi connectivity index (χ2v) is 4.60. The van der Waals surface area contributed by atoms with Crippen molar-refractivity contribution >= 4 is 11.7 Å². The van der Waals surface area contributed by atoms with E-state index in [1.807, 2.05) is 0 Å². The molecule has 0 aromatic heterocycles. The lowest BCUT2D eigenvalue weighted by molar-refractivity contribution is 1.10. The fraction of sp³-hybridized carbons (Fsp3) is 0.385. The highest BCUT2D eigenvalue weighted by molar-refractivity contribution is 6.04. The quantitative estimate of drug-likeness (QED) is 0.471. The van der Waals surface area contributed by atoms with E-state index in [1.54, 1.807) is 0 Å². The summed E-state index contributed by atoms with van der Waals surface area (Å²) in [5, 5.41) is 7.99. The first kappa shape index (κ1) is 11.6. The van der Waals surface area contributed by atoms with Gasteiger partial charge in [-0.05, 0) is 32.3 Å². The summed E-state index contributed by atoms with van der Waals surface area (Å²) >= 11 is 0. The zero-order valence-electron chi connectivity index (χ0n) is 10.3. The van der Waals surface area contributed by atoms with Gasteiger partial charge in [0.05, 0.1) is 5.71 Å². The molecule has 1 fully saturated rings. The normalized spacial score (nSPS) is 15.8. The molecule has 0 aliphatic heterocycles. The molecule has 0 heterocycles. The number of nitrogens with two attached hydrogens (primary N) is 2. The first-order valence-electron chi connectivity index (χ1n) is 5.82. The van der Waals surface area contributed by atoms with Gasteiger partial charge in [0.1, 0.15) is 0 Å². The lowest BCUT2D eigenvalue weighted by Gasteiger charge is -2.08. The van der Waals surface area contributed by atoms with E-state index >= 15 is 0 Å². The summed E-state index contributed by atoms with van der Waals surface area (Å²) in [5.74, 6) is 0.521. The van der Waals surface area contributed by atoms with E-state index in [0.717, 1.165) is 11.3 Å².